The van der Waals surface area contributed by atoms with E-state index in [1.54, 1.807) is 53.4 Å². The molecular formula is C26H29NO5. The average molecular weight is 436 g/mol. The van der Waals surface area contributed by atoms with Crippen molar-refractivity contribution in [3.05, 3.63) is 65.2 Å². The van der Waals surface area contributed by atoms with E-state index < -0.39 is 17.7 Å². The number of nitrogens with zero attached hydrogens (tertiary/aromatic N) is 1. The molecule has 168 valence electrons. The molecule has 2 aromatic rings. The molecule has 2 N–H and O–H groups in total. The van der Waals surface area contributed by atoms with Crippen LogP contribution in [0.3, 0.4) is 0 Å². The van der Waals surface area contributed by atoms with Gasteiger partial charge in [-0.3, -0.25) is 9.59 Å². The highest BCUT2D eigenvalue weighted by atomic mass is 16.5. The number of benzene rings is 2. The third-order valence-corrected chi connectivity index (χ3v) is 6.23. The van der Waals surface area contributed by atoms with Crippen LogP contribution in [0.4, 0.5) is 0 Å². The van der Waals surface area contributed by atoms with Gasteiger partial charge in [-0.2, -0.15) is 0 Å². The van der Waals surface area contributed by atoms with Crippen molar-refractivity contribution in [2.75, 3.05) is 6.61 Å². The Kier molecular flexibility index (Phi) is 6.49. The quantitative estimate of drug-likeness (QED) is 0.381. The van der Waals surface area contributed by atoms with Crippen LogP contribution >= 0.6 is 0 Å². The number of ether oxygens (including phenoxy) is 1. The molecule has 4 rings (SSSR count). The molecule has 6 nitrogen and oxygen atoms in total. The minimum absolute atomic E-state index is 0.0501. The van der Waals surface area contributed by atoms with Crippen LogP contribution in [0, 0.1) is 0 Å². The normalized spacial score (nSPS) is 21.2. The number of carbonyl (C=O) groups excluding carboxylic acids is 2. The summed E-state index contributed by atoms with van der Waals surface area (Å²) in [5, 5.41) is 21.2. The fourth-order valence-electron chi connectivity index (χ4n) is 4.69. The second kappa shape index (κ2) is 9.47. The lowest BCUT2D eigenvalue weighted by atomic mass is 9.91. The Morgan fingerprint density at radius 1 is 1.06 bits per heavy atom. The number of phenolic OH excluding ortho intramolecular Hbond substituents is 1. The van der Waals surface area contributed by atoms with E-state index in [1.807, 2.05) is 6.92 Å². The lowest BCUT2D eigenvalue weighted by Crippen LogP contribution is -2.40. The average Bonchev–Trinajstić information content (AvgIpc) is 3.08. The van der Waals surface area contributed by atoms with Gasteiger partial charge < -0.3 is 19.8 Å². The molecule has 2 aliphatic rings. The summed E-state index contributed by atoms with van der Waals surface area (Å²) in [4.78, 5) is 27.9. The van der Waals surface area contributed by atoms with Crippen molar-refractivity contribution < 1.29 is 24.5 Å². The summed E-state index contributed by atoms with van der Waals surface area (Å²) in [6.07, 6.45) is 5.65. The Balaban J connectivity index is 1.78. The van der Waals surface area contributed by atoms with Crippen molar-refractivity contribution in [1.82, 2.24) is 4.90 Å². The molecule has 0 bridgehead atoms. The lowest BCUT2D eigenvalue weighted by Gasteiger charge is -2.35. The first kappa shape index (κ1) is 21.9. The largest absolute Gasteiger partial charge is 0.508 e. The molecule has 1 saturated carbocycles. The van der Waals surface area contributed by atoms with Crippen LogP contribution in [0.2, 0.25) is 0 Å². The van der Waals surface area contributed by atoms with Crippen molar-refractivity contribution in [2.24, 2.45) is 0 Å². The van der Waals surface area contributed by atoms with Gasteiger partial charge in [-0.05, 0) is 61.2 Å². The molecule has 0 aromatic heterocycles. The molecule has 1 amide bonds. The smallest absolute Gasteiger partial charge is 0.295 e. The zero-order chi connectivity index (χ0) is 22.7. The summed E-state index contributed by atoms with van der Waals surface area (Å²) in [5.74, 6) is -0.760. The first-order valence-corrected chi connectivity index (χ1v) is 11.3. The fourth-order valence-corrected chi connectivity index (χ4v) is 4.69. The van der Waals surface area contributed by atoms with Crippen LogP contribution in [0.15, 0.2) is 54.1 Å². The van der Waals surface area contributed by atoms with E-state index in [2.05, 4.69) is 0 Å². The second-order valence-electron chi connectivity index (χ2n) is 8.47. The van der Waals surface area contributed by atoms with Crippen molar-refractivity contribution in [2.45, 2.75) is 57.5 Å². The number of carbonyl (C=O) groups is 2. The highest BCUT2D eigenvalue weighted by Crippen LogP contribution is 2.43. The van der Waals surface area contributed by atoms with Gasteiger partial charge in [0.1, 0.15) is 17.3 Å². The number of likely N-dealkylation sites (tertiary alicyclic amines) is 1. The summed E-state index contributed by atoms with van der Waals surface area (Å²) < 4.78 is 5.60. The van der Waals surface area contributed by atoms with Gasteiger partial charge in [-0.25, -0.2) is 0 Å². The number of aliphatic hydroxyl groups excluding tert-OH is 1. The van der Waals surface area contributed by atoms with Crippen LogP contribution in [-0.2, 0) is 9.59 Å². The van der Waals surface area contributed by atoms with Gasteiger partial charge in [0.25, 0.3) is 11.7 Å². The maximum atomic E-state index is 13.2. The molecule has 1 aliphatic carbocycles. The van der Waals surface area contributed by atoms with Gasteiger partial charge in [0.05, 0.1) is 18.2 Å². The molecule has 1 unspecified atom stereocenters. The molecule has 1 atom stereocenters. The molecule has 32 heavy (non-hydrogen) atoms. The van der Waals surface area contributed by atoms with E-state index in [4.69, 9.17) is 4.74 Å². The fraction of sp³-hybridized carbons (Fsp3) is 0.385. The molecule has 1 heterocycles. The summed E-state index contributed by atoms with van der Waals surface area (Å²) in [6.45, 7) is 2.61. The topological polar surface area (TPSA) is 87.1 Å². The van der Waals surface area contributed by atoms with E-state index in [0.29, 0.717) is 23.5 Å². The zero-order valence-electron chi connectivity index (χ0n) is 18.3. The molecule has 0 radical (unpaired) electrons. The summed E-state index contributed by atoms with van der Waals surface area (Å²) in [6, 6.07) is 12.6. The van der Waals surface area contributed by atoms with E-state index in [9.17, 15) is 19.8 Å². The molecule has 1 aliphatic heterocycles. The highest BCUT2D eigenvalue weighted by molar-refractivity contribution is 6.46. The van der Waals surface area contributed by atoms with Gasteiger partial charge in [0, 0.05) is 11.6 Å². The van der Waals surface area contributed by atoms with E-state index >= 15 is 0 Å². The summed E-state index contributed by atoms with van der Waals surface area (Å²) in [7, 11) is 0. The monoisotopic (exact) mass is 435 g/mol. The first-order valence-electron chi connectivity index (χ1n) is 11.3. The second-order valence-corrected chi connectivity index (χ2v) is 8.47. The number of hydrogen-bond donors (Lipinski definition) is 2. The lowest BCUT2D eigenvalue weighted by molar-refractivity contribution is -0.141. The van der Waals surface area contributed by atoms with E-state index in [-0.39, 0.29) is 23.1 Å². The standard InChI is InChI=1S/C26H29NO5/c1-2-15-32-21-13-11-17(12-14-21)24(29)22-23(18-7-6-10-20(28)16-18)27(26(31)25(22)30)19-8-4-3-5-9-19/h6-7,10-14,16,19,23,28-29H,2-5,8-9,15H2,1H3/b24-22-. The molecule has 1 saturated heterocycles. The summed E-state index contributed by atoms with van der Waals surface area (Å²) >= 11 is 0. The highest BCUT2D eigenvalue weighted by Gasteiger charge is 2.48. The molecule has 6 heteroatoms. The summed E-state index contributed by atoms with van der Waals surface area (Å²) in [5.41, 5.74) is 1.12. The number of phenols is 1. The predicted molar refractivity (Wildman–Crippen MR) is 121 cm³/mol. The van der Waals surface area contributed by atoms with Gasteiger partial charge >= 0.3 is 0 Å². The third kappa shape index (κ3) is 4.22. The minimum Gasteiger partial charge on any atom is -0.508 e. The molecule has 0 spiro atoms. The van der Waals surface area contributed by atoms with Crippen molar-refractivity contribution in [3.8, 4) is 11.5 Å². The van der Waals surface area contributed by atoms with Crippen LogP contribution < -0.4 is 4.74 Å². The number of ketones is 1. The van der Waals surface area contributed by atoms with Gasteiger partial charge in [0.2, 0.25) is 0 Å². The predicted octanol–water partition coefficient (Wildman–Crippen LogP) is 4.94. The first-order chi connectivity index (χ1) is 15.5. The van der Waals surface area contributed by atoms with Crippen molar-refractivity contribution in [3.63, 3.8) is 0 Å². The van der Waals surface area contributed by atoms with Crippen LogP contribution in [0.5, 0.6) is 11.5 Å². The van der Waals surface area contributed by atoms with Crippen molar-refractivity contribution in [1.29, 1.82) is 0 Å². The Morgan fingerprint density at radius 3 is 2.44 bits per heavy atom. The Hall–Kier alpha value is -3.28. The number of Topliss-reactive ketones (excluding diaryl/α,β-unsaturated/α-hetero) is 1. The molecular weight excluding hydrogens is 406 g/mol. The molecule has 2 fully saturated rings. The number of rotatable bonds is 6. The van der Waals surface area contributed by atoms with Crippen LogP contribution in [-0.4, -0.2) is 39.5 Å². The van der Waals surface area contributed by atoms with E-state index in [0.717, 1.165) is 38.5 Å². The minimum atomic E-state index is -0.735. The van der Waals surface area contributed by atoms with Crippen molar-refractivity contribution >= 4 is 17.4 Å². The Morgan fingerprint density at radius 2 is 1.78 bits per heavy atom. The maximum absolute atomic E-state index is 13.2. The van der Waals surface area contributed by atoms with Gasteiger partial charge in [0.15, 0.2) is 0 Å². The van der Waals surface area contributed by atoms with Gasteiger partial charge in [-0.15, -0.1) is 0 Å². The Bertz CT molecular complexity index is 1020. The third-order valence-electron chi connectivity index (χ3n) is 6.23. The maximum Gasteiger partial charge on any atom is 0.295 e. The van der Waals surface area contributed by atoms with Crippen LogP contribution in [0.25, 0.3) is 5.76 Å². The number of hydrogen-bond acceptors (Lipinski definition) is 5. The Labute approximate surface area is 188 Å². The number of aromatic hydroxyl groups is 1. The molecule has 2 aromatic carbocycles. The number of aliphatic hydroxyl groups is 1. The van der Waals surface area contributed by atoms with E-state index in [1.165, 1.54) is 0 Å². The number of amides is 1. The SMILES string of the molecule is CCCOc1ccc(/C(O)=C2/C(=O)C(=O)N(C3CCCCC3)C2c2cccc(O)c2)cc1. The zero-order valence-corrected chi connectivity index (χ0v) is 18.3. The van der Waals surface area contributed by atoms with Gasteiger partial charge in [-0.1, -0.05) is 38.3 Å². The van der Waals surface area contributed by atoms with Crippen LogP contribution in [0.1, 0.15) is 62.6 Å².